The average Bonchev–Trinajstić information content (AvgIpc) is 3.23. The van der Waals surface area contributed by atoms with Crippen molar-refractivity contribution in [2.24, 2.45) is 0 Å². The van der Waals surface area contributed by atoms with Crippen molar-refractivity contribution in [3.8, 4) is 0 Å². The molecule has 3 aromatic carbocycles. The van der Waals surface area contributed by atoms with Gasteiger partial charge in [-0.15, -0.1) is 0 Å². The van der Waals surface area contributed by atoms with Gasteiger partial charge in [-0.05, 0) is 40.9 Å². The molecule has 0 amide bonds. The minimum atomic E-state index is -1.62. The van der Waals surface area contributed by atoms with Gasteiger partial charge in [-0.2, -0.15) is 4.94 Å². The number of hydrogen-bond donors (Lipinski definition) is 0. The van der Waals surface area contributed by atoms with Gasteiger partial charge in [0.1, 0.15) is 12.7 Å². The number of hydrogen-bond acceptors (Lipinski definition) is 8. The lowest BCUT2D eigenvalue weighted by Gasteiger charge is -2.21. The van der Waals surface area contributed by atoms with E-state index in [4.69, 9.17) is 18.9 Å². The molecule has 3 aromatic rings. The Bertz CT molecular complexity index is 1140. The molecule has 0 aliphatic carbocycles. The van der Waals surface area contributed by atoms with Crippen molar-refractivity contribution in [2.75, 3.05) is 6.61 Å². The predicted molar refractivity (Wildman–Crippen MR) is 119 cm³/mol. The number of rotatable bonds is 8. The first kappa shape index (κ1) is 24.1. The van der Waals surface area contributed by atoms with Gasteiger partial charge in [0.05, 0.1) is 16.7 Å². The molecule has 1 aliphatic heterocycles. The summed E-state index contributed by atoms with van der Waals surface area (Å²) in [7, 11) is 0. The molecule has 0 saturated carbocycles. The maximum Gasteiger partial charge on any atom is 0.340 e. The van der Waals surface area contributed by atoms with Gasteiger partial charge in [0.25, 0.3) is 0 Å². The van der Waals surface area contributed by atoms with Gasteiger partial charge in [-0.25, -0.2) is 14.4 Å². The number of carbonyl (C=O) groups is 3. The maximum atomic E-state index is 13.7. The van der Waals surface area contributed by atoms with Gasteiger partial charge < -0.3 is 18.9 Å². The molecular weight excluding hydrogens is 459 g/mol. The van der Waals surface area contributed by atoms with Crippen LogP contribution in [0.1, 0.15) is 31.1 Å². The van der Waals surface area contributed by atoms with E-state index in [1.54, 1.807) is 66.7 Å². The van der Waals surface area contributed by atoms with E-state index in [1.165, 1.54) is 24.3 Å². The summed E-state index contributed by atoms with van der Waals surface area (Å²) < 4.78 is 35.3. The Labute approximate surface area is 200 Å². The highest BCUT2D eigenvalue weighted by Crippen LogP contribution is 2.30. The van der Waals surface area contributed by atoms with Crippen LogP contribution in [0.4, 0.5) is 4.53 Å². The van der Waals surface area contributed by atoms with E-state index in [1.807, 2.05) is 0 Å². The fraction of sp³-hybridized carbons (Fsp3) is 0.192. The van der Waals surface area contributed by atoms with Crippen LogP contribution in [-0.4, -0.2) is 49.1 Å². The topological polar surface area (TPSA) is 97.4 Å². The van der Waals surface area contributed by atoms with E-state index in [0.717, 1.165) is 0 Å². The summed E-state index contributed by atoms with van der Waals surface area (Å²) in [5, 5.41) is 0. The highest BCUT2D eigenvalue weighted by molar-refractivity contribution is 5.90. The SMILES string of the molecule is O=C(OC[C@H]1O[C@H](OC(=O)c2ccccc2)[C@@H](OF)[C@@H]1OC(=O)c1ccccc1)c1ccccc1. The first-order chi connectivity index (χ1) is 17.1. The van der Waals surface area contributed by atoms with Crippen LogP contribution in [0.5, 0.6) is 0 Å². The van der Waals surface area contributed by atoms with Crippen LogP contribution in [0.15, 0.2) is 91.0 Å². The standard InChI is InChI=1S/C26H21FO8/c27-35-22-21(33-24(29)18-12-6-2-7-13-18)20(16-31-23(28)17-10-4-1-5-11-17)32-26(22)34-25(30)19-14-8-3-9-15-19/h1-15,20-22,26H,16H2/t20-,21-,22+,26-/m1/s1. The Morgan fingerprint density at radius 2 is 1.11 bits per heavy atom. The molecule has 35 heavy (non-hydrogen) atoms. The van der Waals surface area contributed by atoms with Crippen LogP contribution in [0, 0.1) is 0 Å². The lowest BCUT2D eigenvalue weighted by molar-refractivity contribution is -0.243. The molecule has 8 nitrogen and oxygen atoms in total. The van der Waals surface area contributed by atoms with Gasteiger partial charge in [0, 0.05) is 0 Å². The fourth-order valence-corrected chi connectivity index (χ4v) is 3.49. The minimum absolute atomic E-state index is 0.200. The number of halogens is 1. The van der Waals surface area contributed by atoms with Crippen molar-refractivity contribution in [1.82, 2.24) is 0 Å². The van der Waals surface area contributed by atoms with E-state index in [0.29, 0.717) is 0 Å². The van der Waals surface area contributed by atoms with Crippen molar-refractivity contribution in [1.29, 1.82) is 0 Å². The molecule has 0 bridgehead atoms. The molecule has 1 fully saturated rings. The van der Waals surface area contributed by atoms with Gasteiger partial charge in [0.15, 0.2) is 12.2 Å². The summed E-state index contributed by atoms with van der Waals surface area (Å²) in [5.74, 6) is -2.24. The minimum Gasteiger partial charge on any atom is -0.459 e. The first-order valence-electron chi connectivity index (χ1n) is 10.7. The first-order valence-corrected chi connectivity index (χ1v) is 10.7. The third-order valence-corrected chi connectivity index (χ3v) is 5.24. The van der Waals surface area contributed by atoms with E-state index in [9.17, 15) is 18.9 Å². The van der Waals surface area contributed by atoms with Crippen molar-refractivity contribution < 1.29 is 42.8 Å². The molecule has 1 saturated heterocycles. The second-order valence-corrected chi connectivity index (χ2v) is 7.57. The molecule has 0 aromatic heterocycles. The number of benzene rings is 3. The zero-order chi connectivity index (χ0) is 24.6. The zero-order valence-electron chi connectivity index (χ0n) is 18.3. The van der Waals surface area contributed by atoms with Crippen molar-refractivity contribution in [3.05, 3.63) is 108 Å². The summed E-state index contributed by atoms with van der Waals surface area (Å²) in [6.45, 7) is -0.417. The second kappa shape index (κ2) is 11.4. The van der Waals surface area contributed by atoms with Gasteiger partial charge in [-0.3, -0.25) is 0 Å². The smallest absolute Gasteiger partial charge is 0.340 e. The maximum absolute atomic E-state index is 13.7. The highest BCUT2D eigenvalue weighted by Gasteiger charge is 2.52. The van der Waals surface area contributed by atoms with Crippen LogP contribution >= 0.6 is 0 Å². The largest absolute Gasteiger partial charge is 0.459 e. The second-order valence-electron chi connectivity index (χ2n) is 7.57. The summed E-state index contributed by atoms with van der Waals surface area (Å²) in [6, 6.07) is 24.2. The van der Waals surface area contributed by atoms with Crippen LogP contribution in [0.3, 0.4) is 0 Å². The molecule has 0 N–H and O–H groups in total. The molecule has 0 spiro atoms. The zero-order valence-corrected chi connectivity index (χ0v) is 18.3. The molecule has 1 aliphatic rings. The lowest BCUT2D eigenvalue weighted by atomic mass is 10.1. The summed E-state index contributed by atoms with van der Waals surface area (Å²) in [6.07, 6.45) is -5.74. The summed E-state index contributed by atoms with van der Waals surface area (Å²) >= 11 is 0. The van der Waals surface area contributed by atoms with Crippen molar-refractivity contribution >= 4 is 17.9 Å². The molecule has 180 valence electrons. The summed E-state index contributed by atoms with van der Waals surface area (Å²) in [5.41, 5.74) is 0.689. The van der Waals surface area contributed by atoms with Gasteiger partial charge in [0.2, 0.25) is 6.29 Å². The van der Waals surface area contributed by atoms with E-state index >= 15 is 0 Å². The van der Waals surface area contributed by atoms with E-state index in [2.05, 4.69) is 4.94 Å². The van der Waals surface area contributed by atoms with Crippen LogP contribution < -0.4 is 0 Å². The molecule has 1 heterocycles. The number of carbonyl (C=O) groups excluding carboxylic acids is 3. The Kier molecular flexibility index (Phi) is 7.81. The normalized spacial score (nSPS) is 21.2. The Hall–Kier alpha value is -4.08. The van der Waals surface area contributed by atoms with Crippen molar-refractivity contribution in [2.45, 2.75) is 24.6 Å². The lowest BCUT2D eigenvalue weighted by Crippen LogP contribution is -2.40. The number of esters is 3. The van der Waals surface area contributed by atoms with Crippen LogP contribution in [0.25, 0.3) is 0 Å². The van der Waals surface area contributed by atoms with Crippen molar-refractivity contribution in [3.63, 3.8) is 0 Å². The molecule has 0 radical (unpaired) electrons. The van der Waals surface area contributed by atoms with Crippen LogP contribution in [-0.2, 0) is 23.9 Å². The Morgan fingerprint density at radius 1 is 0.657 bits per heavy atom. The van der Waals surface area contributed by atoms with E-state index in [-0.39, 0.29) is 16.7 Å². The monoisotopic (exact) mass is 480 g/mol. The van der Waals surface area contributed by atoms with Gasteiger partial charge >= 0.3 is 17.9 Å². The molecule has 0 unspecified atom stereocenters. The summed E-state index contributed by atoms with van der Waals surface area (Å²) in [4.78, 5) is 41.5. The molecule has 4 rings (SSSR count). The Morgan fingerprint density at radius 3 is 1.60 bits per heavy atom. The molecular formula is C26H21FO8. The van der Waals surface area contributed by atoms with Gasteiger partial charge in [-0.1, -0.05) is 54.6 Å². The molecule has 9 heteroatoms. The highest BCUT2D eigenvalue weighted by atomic mass is 19.3. The average molecular weight is 480 g/mol. The van der Waals surface area contributed by atoms with E-state index < -0.39 is 49.1 Å². The quantitative estimate of drug-likeness (QED) is 0.354. The number of ether oxygens (including phenoxy) is 4. The van der Waals surface area contributed by atoms with Crippen LogP contribution in [0.2, 0.25) is 0 Å². The molecule has 4 atom stereocenters. The Balaban J connectivity index is 1.51. The third kappa shape index (κ3) is 5.89. The fourth-order valence-electron chi connectivity index (χ4n) is 3.49. The predicted octanol–water partition coefficient (Wildman–Crippen LogP) is 3.92. The third-order valence-electron chi connectivity index (χ3n) is 5.24.